The third-order valence-corrected chi connectivity index (χ3v) is 9.94. The van der Waals surface area contributed by atoms with E-state index in [9.17, 15) is 30.6 Å². The first-order valence-corrected chi connectivity index (χ1v) is 16.3. The van der Waals surface area contributed by atoms with Crippen LogP contribution in [0, 0.1) is 11.8 Å². The van der Waals surface area contributed by atoms with E-state index < -0.39 is 30.3 Å². The summed E-state index contributed by atoms with van der Waals surface area (Å²) >= 11 is 0. The van der Waals surface area contributed by atoms with E-state index in [1.807, 2.05) is 18.3 Å². The summed E-state index contributed by atoms with van der Waals surface area (Å²) in [5.41, 5.74) is 4.29. The molecule has 5 rings (SSSR count). The lowest BCUT2D eigenvalue weighted by molar-refractivity contribution is -0.154. The normalized spacial score (nSPS) is 24.0. The number of hydrogen-bond donors (Lipinski definition) is 7. The van der Waals surface area contributed by atoms with Crippen LogP contribution in [-0.2, 0) is 17.8 Å². The van der Waals surface area contributed by atoms with E-state index in [1.165, 1.54) is 7.11 Å². The highest BCUT2D eigenvalue weighted by Gasteiger charge is 2.44. The van der Waals surface area contributed by atoms with Crippen LogP contribution in [0.3, 0.4) is 0 Å². The Balaban J connectivity index is 1.46. The monoisotopic (exact) mass is 623 g/mol. The van der Waals surface area contributed by atoms with Crippen LogP contribution in [0.2, 0.25) is 0 Å². The molecule has 6 atom stereocenters. The highest BCUT2D eigenvalue weighted by atomic mass is 16.5. The molecule has 0 amide bonds. The number of phenols is 3. The van der Waals surface area contributed by atoms with Crippen molar-refractivity contribution in [2.45, 2.75) is 102 Å². The van der Waals surface area contributed by atoms with Gasteiger partial charge in [0.15, 0.2) is 11.5 Å². The van der Waals surface area contributed by atoms with Gasteiger partial charge in [0.25, 0.3) is 0 Å². The first-order valence-electron chi connectivity index (χ1n) is 16.3. The molecule has 1 saturated carbocycles. The SMILES string of the molecule is COc1c(O)c(O)c(CO)c([C@@H]2C[C@H](O)[C@H]3CC[C@H](c4ccc(O)c([C@H](CCCO)CC(C)C)c4)C[C@@H]3O2)c1Cc1cc[nH]c1. The van der Waals surface area contributed by atoms with Crippen molar-refractivity contribution in [2.75, 3.05) is 13.7 Å². The van der Waals surface area contributed by atoms with E-state index in [4.69, 9.17) is 9.47 Å². The van der Waals surface area contributed by atoms with Crippen LogP contribution < -0.4 is 4.74 Å². The lowest BCUT2D eigenvalue weighted by Gasteiger charge is -2.45. The van der Waals surface area contributed by atoms with Crippen molar-refractivity contribution in [2.24, 2.45) is 11.8 Å². The Morgan fingerprint density at radius 2 is 1.82 bits per heavy atom. The van der Waals surface area contributed by atoms with Gasteiger partial charge in [-0.3, -0.25) is 0 Å². The largest absolute Gasteiger partial charge is 0.508 e. The van der Waals surface area contributed by atoms with Crippen molar-refractivity contribution in [1.29, 1.82) is 0 Å². The molecule has 7 N–H and O–H groups in total. The zero-order valence-electron chi connectivity index (χ0n) is 26.6. The predicted octanol–water partition coefficient (Wildman–Crippen LogP) is 5.90. The molecule has 2 aliphatic rings. The number of aromatic hydroxyl groups is 3. The molecule has 246 valence electrons. The summed E-state index contributed by atoms with van der Waals surface area (Å²) in [6, 6.07) is 7.81. The van der Waals surface area contributed by atoms with Crippen molar-refractivity contribution in [1.82, 2.24) is 4.98 Å². The second kappa shape index (κ2) is 14.5. The maximum Gasteiger partial charge on any atom is 0.201 e. The molecule has 2 aromatic carbocycles. The van der Waals surface area contributed by atoms with Crippen molar-refractivity contribution >= 4 is 0 Å². The van der Waals surface area contributed by atoms with Crippen LogP contribution in [0.5, 0.6) is 23.0 Å². The molecule has 1 aliphatic carbocycles. The Bertz CT molecular complexity index is 1420. The van der Waals surface area contributed by atoms with Gasteiger partial charge in [-0.25, -0.2) is 0 Å². The summed E-state index contributed by atoms with van der Waals surface area (Å²) in [4.78, 5) is 3.04. The topological polar surface area (TPSA) is 156 Å². The van der Waals surface area contributed by atoms with Crippen LogP contribution in [0.4, 0.5) is 0 Å². The summed E-state index contributed by atoms with van der Waals surface area (Å²) in [6.07, 6.45) is 7.49. The van der Waals surface area contributed by atoms with Gasteiger partial charge in [0.2, 0.25) is 5.75 Å². The number of phenolic OH excluding ortho intramolecular Hbond substituents is 2. The molecule has 9 heteroatoms. The summed E-state index contributed by atoms with van der Waals surface area (Å²) < 4.78 is 12.4. The van der Waals surface area contributed by atoms with E-state index >= 15 is 0 Å². The predicted molar refractivity (Wildman–Crippen MR) is 171 cm³/mol. The minimum Gasteiger partial charge on any atom is -0.508 e. The number of aliphatic hydroxyl groups excluding tert-OH is 3. The Kier molecular flexibility index (Phi) is 10.6. The number of H-pyrrole nitrogens is 1. The summed E-state index contributed by atoms with van der Waals surface area (Å²) in [5.74, 6) is 0.241. The fourth-order valence-corrected chi connectivity index (χ4v) is 7.80. The van der Waals surface area contributed by atoms with Gasteiger partial charge in [-0.1, -0.05) is 26.0 Å². The maximum atomic E-state index is 11.4. The fraction of sp³-hybridized carbons (Fsp3) is 0.556. The highest BCUT2D eigenvalue weighted by Crippen LogP contribution is 2.52. The number of aromatic nitrogens is 1. The lowest BCUT2D eigenvalue weighted by Crippen LogP contribution is -2.44. The molecule has 0 bridgehead atoms. The quantitative estimate of drug-likeness (QED) is 0.123. The molecule has 0 radical (unpaired) electrons. The second-order valence-corrected chi connectivity index (χ2v) is 13.3. The number of fused-ring (bicyclic) bond motifs is 1. The molecule has 9 nitrogen and oxygen atoms in total. The maximum absolute atomic E-state index is 11.4. The number of nitrogens with one attached hydrogen (secondary N) is 1. The average molecular weight is 624 g/mol. The van der Waals surface area contributed by atoms with Crippen molar-refractivity contribution in [3.63, 3.8) is 0 Å². The van der Waals surface area contributed by atoms with Crippen LogP contribution in [0.15, 0.2) is 36.7 Å². The van der Waals surface area contributed by atoms with Gasteiger partial charge in [-0.05, 0) is 90.7 Å². The van der Waals surface area contributed by atoms with Crippen LogP contribution in [-0.4, -0.2) is 61.5 Å². The van der Waals surface area contributed by atoms with E-state index in [2.05, 4.69) is 24.9 Å². The molecule has 1 aliphatic heterocycles. The van der Waals surface area contributed by atoms with Crippen molar-refractivity contribution < 1.29 is 40.1 Å². The third-order valence-electron chi connectivity index (χ3n) is 9.94. The number of ether oxygens (including phenoxy) is 2. The molecule has 45 heavy (non-hydrogen) atoms. The molecule has 1 aromatic heterocycles. The molecule has 3 aromatic rings. The zero-order valence-corrected chi connectivity index (χ0v) is 26.6. The number of aliphatic hydroxyl groups is 3. The molecular formula is C36H49NO8. The summed E-state index contributed by atoms with van der Waals surface area (Å²) in [7, 11) is 1.43. The van der Waals surface area contributed by atoms with Crippen molar-refractivity contribution in [3.8, 4) is 23.0 Å². The smallest absolute Gasteiger partial charge is 0.201 e. The highest BCUT2D eigenvalue weighted by molar-refractivity contribution is 5.64. The van der Waals surface area contributed by atoms with Crippen LogP contribution in [0.25, 0.3) is 0 Å². The van der Waals surface area contributed by atoms with E-state index in [0.29, 0.717) is 36.3 Å². The van der Waals surface area contributed by atoms with Gasteiger partial charge in [0.1, 0.15) is 5.75 Å². The Morgan fingerprint density at radius 3 is 2.49 bits per heavy atom. The van der Waals surface area contributed by atoms with Gasteiger partial charge >= 0.3 is 0 Å². The fourth-order valence-electron chi connectivity index (χ4n) is 7.80. The summed E-state index contributed by atoms with van der Waals surface area (Å²) in [6.45, 7) is 3.95. The van der Waals surface area contributed by atoms with Crippen LogP contribution in [0.1, 0.15) is 110 Å². The molecule has 2 heterocycles. The van der Waals surface area contributed by atoms with Gasteiger partial charge < -0.3 is 45.1 Å². The van der Waals surface area contributed by atoms with Gasteiger partial charge in [0, 0.05) is 48.9 Å². The minimum absolute atomic E-state index is 0.0503. The average Bonchev–Trinajstić information content (AvgIpc) is 3.54. The number of hydrogen-bond acceptors (Lipinski definition) is 8. The Labute approximate surface area is 265 Å². The van der Waals surface area contributed by atoms with E-state index in [1.54, 1.807) is 12.3 Å². The van der Waals surface area contributed by atoms with E-state index in [0.717, 1.165) is 42.4 Å². The molecule has 2 fully saturated rings. The van der Waals surface area contributed by atoms with Gasteiger partial charge in [-0.15, -0.1) is 0 Å². The standard InChI is InChI=1S/C36H49NO8/c1-20(2)13-24(5-4-12-38)26-15-22(7-9-29(26)40)23-6-8-25-30(41)17-32(45-31(25)16-23)33-27(14-21-10-11-37-18-21)36(44-3)35(43)34(42)28(33)19-39/h7,9-11,15,18,20,23-25,30-32,37-43H,4-6,8,12-14,16-17,19H2,1-3H3/t23-,24+,25+,30-,31-,32-/m0/s1. The molecule has 0 spiro atoms. The zero-order chi connectivity index (χ0) is 32.2. The first-order chi connectivity index (χ1) is 21.7. The van der Waals surface area contributed by atoms with Gasteiger partial charge in [0.05, 0.1) is 32.0 Å². The Hall–Kier alpha value is -3.24. The lowest BCUT2D eigenvalue weighted by atomic mass is 9.71. The number of aromatic amines is 1. The number of rotatable bonds is 12. The van der Waals surface area contributed by atoms with E-state index in [-0.39, 0.29) is 53.9 Å². The number of methoxy groups -OCH3 is 1. The van der Waals surface area contributed by atoms with Gasteiger partial charge in [-0.2, -0.15) is 0 Å². The second-order valence-electron chi connectivity index (χ2n) is 13.3. The number of benzene rings is 2. The first kappa shape index (κ1) is 33.1. The van der Waals surface area contributed by atoms with Crippen molar-refractivity contribution in [3.05, 3.63) is 70.0 Å². The molecule has 0 unspecified atom stereocenters. The molecule has 1 saturated heterocycles. The third kappa shape index (κ3) is 6.97. The summed E-state index contributed by atoms with van der Waals surface area (Å²) in [5, 5.41) is 63.9. The minimum atomic E-state index is -0.646. The molecular weight excluding hydrogens is 574 g/mol. The Morgan fingerprint density at radius 1 is 1.02 bits per heavy atom. The van der Waals surface area contributed by atoms with Crippen LogP contribution >= 0.6 is 0 Å².